The van der Waals surface area contributed by atoms with Crippen molar-refractivity contribution in [3.8, 4) is 16.9 Å². The highest BCUT2D eigenvalue weighted by molar-refractivity contribution is 6.10. The Hall–Kier alpha value is -2.88. The molecule has 0 amide bonds. The number of carbonyl (C=O) groups excluding carboxylic acids is 2. The monoisotopic (exact) mass is 308 g/mol. The quantitative estimate of drug-likeness (QED) is 0.376. The number of benzene rings is 2. The third-order valence-electron chi connectivity index (χ3n) is 3.98. The van der Waals surface area contributed by atoms with E-state index in [1.54, 1.807) is 12.1 Å². The van der Waals surface area contributed by atoms with Crippen LogP contribution in [0.25, 0.3) is 11.1 Å². The van der Waals surface area contributed by atoms with Crippen molar-refractivity contribution in [2.75, 3.05) is 6.61 Å². The number of fused-ring (bicyclic) bond motifs is 1. The molecule has 23 heavy (non-hydrogen) atoms. The predicted molar refractivity (Wildman–Crippen MR) is 86.0 cm³/mol. The highest BCUT2D eigenvalue weighted by atomic mass is 16.6. The van der Waals surface area contributed by atoms with Gasteiger partial charge >= 0.3 is 11.9 Å². The van der Waals surface area contributed by atoms with Gasteiger partial charge in [0.15, 0.2) is 5.41 Å². The van der Waals surface area contributed by atoms with Crippen molar-refractivity contribution in [2.24, 2.45) is 0 Å². The summed E-state index contributed by atoms with van der Waals surface area (Å²) in [6.07, 6.45) is 1.46. The fourth-order valence-electron chi connectivity index (χ4n) is 2.61. The van der Waals surface area contributed by atoms with Crippen LogP contribution < -0.4 is 4.74 Å². The van der Waals surface area contributed by atoms with Gasteiger partial charge in [0.05, 0.1) is 0 Å². The molecule has 2 aromatic rings. The topological polar surface area (TPSA) is 52.6 Å². The highest BCUT2D eigenvalue weighted by Gasteiger charge is 2.52. The van der Waals surface area contributed by atoms with Crippen LogP contribution in [0.2, 0.25) is 0 Å². The van der Waals surface area contributed by atoms with Gasteiger partial charge in [-0.3, -0.25) is 9.59 Å². The first-order chi connectivity index (χ1) is 11.1. The first-order valence-corrected chi connectivity index (χ1v) is 7.27. The lowest BCUT2D eigenvalue weighted by atomic mass is 9.83. The van der Waals surface area contributed by atoms with Crippen LogP contribution in [0.3, 0.4) is 0 Å². The summed E-state index contributed by atoms with van der Waals surface area (Å²) in [6.45, 7) is 5.07. The maximum Gasteiger partial charge on any atom is 0.333 e. The van der Waals surface area contributed by atoms with E-state index in [4.69, 9.17) is 9.47 Å². The van der Waals surface area contributed by atoms with Crippen molar-refractivity contribution in [1.29, 1.82) is 0 Å². The minimum Gasteiger partial charge on any atom is -0.460 e. The van der Waals surface area contributed by atoms with Crippen molar-refractivity contribution in [2.45, 2.75) is 12.3 Å². The first-order valence-electron chi connectivity index (χ1n) is 7.27. The van der Waals surface area contributed by atoms with E-state index in [2.05, 4.69) is 6.58 Å². The van der Waals surface area contributed by atoms with Gasteiger partial charge in [-0.15, -0.1) is 0 Å². The second-order valence-electron chi connectivity index (χ2n) is 5.48. The molecule has 0 unspecified atom stereocenters. The van der Waals surface area contributed by atoms with Crippen LogP contribution in [0, 0.1) is 0 Å². The summed E-state index contributed by atoms with van der Waals surface area (Å²) in [4.78, 5) is 24.5. The fraction of sp³-hybridized carbons (Fsp3) is 0.158. The molecular formula is C19H16O4. The Kier molecular flexibility index (Phi) is 3.74. The predicted octanol–water partition coefficient (Wildman–Crippen LogP) is 3.26. The lowest BCUT2D eigenvalue weighted by Crippen LogP contribution is -2.40. The summed E-state index contributed by atoms with van der Waals surface area (Å²) in [5.74, 6) is -0.852. The normalized spacial score (nSPS) is 18.9. The van der Waals surface area contributed by atoms with Gasteiger partial charge in [-0.1, -0.05) is 55.1 Å². The molecule has 0 radical (unpaired) electrons. The number of carbonyl (C=O) groups is 2. The minimum atomic E-state index is -1.44. The van der Waals surface area contributed by atoms with E-state index in [-0.39, 0.29) is 6.61 Å². The van der Waals surface area contributed by atoms with Crippen molar-refractivity contribution < 1.29 is 19.1 Å². The van der Waals surface area contributed by atoms with Gasteiger partial charge in [0.2, 0.25) is 0 Å². The van der Waals surface area contributed by atoms with Gasteiger partial charge in [0.1, 0.15) is 12.4 Å². The molecular weight excluding hydrogens is 292 g/mol. The summed E-state index contributed by atoms with van der Waals surface area (Å²) in [7, 11) is 0. The molecule has 3 rings (SSSR count). The molecule has 0 N–H and O–H groups in total. The zero-order chi connectivity index (χ0) is 16.4. The van der Waals surface area contributed by atoms with Crippen molar-refractivity contribution >= 4 is 11.9 Å². The first kappa shape index (κ1) is 15.0. The number of ether oxygens (including phenoxy) is 2. The Morgan fingerprint density at radius 3 is 2.65 bits per heavy atom. The van der Waals surface area contributed by atoms with Gasteiger partial charge in [-0.05, 0) is 24.1 Å². The summed E-state index contributed by atoms with van der Waals surface area (Å²) >= 11 is 0. The standard InChI is InChI=1S/C19H16O4/c1-3-11-22-17(20)19(2)15-10-9-14(12-16(15)23-18(19)21)13-7-5-4-6-8-13/h3-10,12H,1,11H2,2H3/t19-/m0/s1. The van der Waals surface area contributed by atoms with E-state index >= 15 is 0 Å². The molecule has 4 heteroatoms. The van der Waals surface area contributed by atoms with Crippen molar-refractivity contribution in [3.05, 3.63) is 66.7 Å². The van der Waals surface area contributed by atoms with Crippen LogP contribution >= 0.6 is 0 Å². The third kappa shape index (κ3) is 2.42. The van der Waals surface area contributed by atoms with E-state index in [9.17, 15) is 9.59 Å². The highest BCUT2D eigenvalue weighted by Crippen LogP contribution is 2.42. The molecule has 0 saturated heterocycles. The molecule has 0 bridgehead atoms. The number of esters is 2. The SMILES string of the molecule is C=CCOC(=O)[C@@]1(C)C(=O)Oc2cc(-c3ccccc3)ccc21. The average Bonchev–Trinajstić information content (AvgIpc) is 2.84. The van der Waals surface area contributed by atoms with Gasteiger partial charge in [0, 0.05) is 5.56 Å². The second kappa shape index (κ2) is 5.72. The van der Waals surface area contributed by atoms with Crippen LogP contribution in [0.15, 0.2) is 61.2 Å². The zero-order valence-electron chi connectivity index (χ0n) is 12.7. The van der Waals surface area contributed by atoms with Crippen molar-refractivity contribution in [1.82, 2.24) is 0 Å². The smallest absolute Gasteiger partial charge is 0.333 e. The maximum atomic E-state index is 12.3. The van der Waals surface area contributed by atoms with Crippen LogP contribution in [-0.2, 0) is 19.7 Å². The van der Waals surface area contributed by atoms with Crippen molar-refractivity contribution in [3.63, 3.8) is 0 Å². The summed E-state index contributed by atoms with van der Waals surface area (Å²) in [5, 5.41) is 0. The molecule has 0 aromatic heterocycles. The largest absolute Gasteiger partial charge is 0.460 e. The van der Waals surface area contributed by atoms with Gasteiger partial charge in [-0.25, -0.2) is 0 Å². The Balaban J connectivity index is 2.00. The Labute approximate surface area is 134 Å². The number of hydrogen-bond donors (Lipinski definition) is 0. The van der Waals surface area contributed by atoms with Gasteiger partial charge in [0.25, 0.3) is 0 Å². The molecule has 1 atom stereocenters. The fourth-order valence-corrected chi connectivity index (χ4v) is 2.61. The van der Waals surface area contributed by atoms with Gasteiger partial charge in [-0.2, -0.15) is 0 Å². The summed E-state index contributed by atoms with van der Waals surface area (Å²) in [6, 6.07) is 15.1. The maximum absolute atomic E-state index is 12.3. The van der Waals surface area contributed by atoms with Crippen LogP contribution in [0.5, 0.6) is 5.75 Å². The van der Waals surface area contributed by atoms with Crippen LogP contribution in [0.1, 0.15) is 12.5 Å². The van der Waals surface area contributed by atoms with E-state index in [1.165, 1.54) is 13.0 Å². The second-order valence-corrected chi connectivity index (χ2v) is 5.48. The van der Waals surface area contributed by atoms with E-state index < -0.39 is 17.4 Å². The molecule has 1 heterocycles. The van der Waals surface area contributed by atoms with Gasteiger partial charge < -0.3 is 9.47 Å². The Bertz CT molecular complexity index is 779. The third-order valence-corrected chi connectivity index (χ3v) is 3.98. The molecule has 0 aliphatic carbocycles. The van der Waals surface area contributed by atoms with Crippen LogP contribution in [-0.4, -0.2) is 18.5 Å². The van der Waals surface area contributed by atoms with Crippen LogP contribution in [0.4, 0.5) is 0 Å². The van der Waals surface area contributed by atoms with E-state index in [0.29, 0.717) is 11.3 Å². The number of rotatable bonds is 4. The Morgan fingerprint density at radius 2 is 1.96 bits per heavy atom. The molecule has 0 spiro atoms. The zero-order valence-corrected chi connectivity index (χ0v) is 12.7. The lowest BCUT2D eigenvalue weighted by Gasteiger charge is -2.18. The molecule has 2 aromatic carbocycles. The number of hydrogen-bond acceptors (Lipinski definition) is 4. The van der Waals surface area contributed by atoms with E-state index in [1.807, 2.05) is 36.4 Å². The van der Waals surface area contributed by atoms with E-state index in [0.717, 1.165) is 11.1 Å². The molecule has 1 aliphatic rings. The average molecular weight is 308 g/mol. The summed E-state index contributed by atoms with van der Waals surface area (Å²) < 4.78 is 10.4. The molecule has 4 nitrogen and oxygen atoms in total. The summed E-state index contributed by atoms with van der Waals surface area (Å²) in [5.41, 5.74) is 1.01. The lowest BCUT2D eigenvalue weighted by molar-refractivity contribution is -0.156. The Morgan fingerprint density at radius 1 is 1.22 bits per heavy atom. The minimum absolute atomic E-state index is 0.0547. The molecule has 116 valence electrons. The molecule has 0 saturated carbocycles. The molecule has 1 aliphatic heterocycles. The molecule has 0 fully saturated rings.